The number of hydrogen-bond acceptors (Lipinski definition) is 4. The Balaban J connectivity index is 1.34. The SMILES string of the molecule is O=C(Nc1ccc(S(F)(F)(F)(F)F)cc1)[C@H](C(=O)OCc1ccccc1)C1CCC(c2ccnc3ccc(F)cc23)CC1. The number of nitrogens with zero attached hydrogens (tertiary/aromatic N) is 1. The molecule has 228 valence electrons. The van der Waals surface area contributed by atoms with Crippen LogP contribution in [0, 0.1) is 17.7 Å². The van der Waals surface area contributed by atoms with Crippen molar-refractivity contribution in [1.82, 2.24) is 4.98 Å². The molecule has 1 aliphatic carbocycles. The van der Waals surface area contributed by atoms with Crippen LogP contribution in [0.1, 0.15) is 42.7 Å². The maximum absolute atomic E-state index is 14.0. The molecule has 1 fully saturated rings. The lowest BCUT2D eigenvalue weighted by Crippen LogP contribution is -2.38. The van der Waals surface area contributed by atoms with Crippen LogP contribution in [0.15, 0.2) is 90.0 Å². The van der Waals surface area contributed by atoms with Crippen molar-refractivity contribution in [2.75, 3.05) is 5.32 Å². The van der Waals surface area contributed by atoms with Gasteiger partial charge < -0.3 is 10.1 Å². The van der Waals surface area contributed by atoms with Gasteiger partial charge in [0, 0.05) is 17.3 Å². The molecule has 5 rings (SSSR count). The molecule has 12 heteroatoms. The van der Waals surface area contributed by atoms with Crippen LogP contribution < -0.4 is 5.32 Å². The number of amides is 1. The van der Waals surface area contributed by atoms with E-state index in [0.717, 1.165) is 17.7 Å². The van der Waals surface area contributed by atoms with Gasteiger partial charge in [0.05, 0.1) is 5.52 Å². The molecular formula is C31H28F6N2O3S. The molecule has 1 aromatic heterocycles. The molecule has 1 N–H and O–H groups in total. The topological polar surface area (TPSA) is 68.3 Å². The first-order chi connectivity index (χ1) is 20.2. The molecule has 1 atom stereocenters. The summed E-state index contributed by atoms with van der Waals surface area (Å²) in [5.41, 5.74) is 2.09. The highest BCUT2D eigenvalue weighted by atomic mass is 32.5. The number of carbonyl (C=O) groups excluding carboxylic acids is 2. The van der Waals surface area contributed by atoms with Gasteiger partial charge in [-0.1, -0.05) is 49.8 Å². The second-order valence-electron chi connectivity index (χ2n) is 10.7. The summed E-state index contributed by atoms with van der Waals surface area (Å²) in [6.45, 7) is -0.0913. The van der Waals surface area contributed by atoms with E-state index in [0.29, 0.717) is 42.1 Å². The summed E-state index contributed by atoms with van der Waals surface area (Å²) in [6, 6.07) is 16.9. The minimum absolute atomic E-state index is 0.0205. The van der Waals surface area contributed by atoms with Gasteiger partial charge in [-0.15, -0.1) is 0 Å². The zero-order valence-corrected chi connectivity index (χ0v) is 23.5. The van der Waals surface area contributed by atoms with Crippen LogP contribution in [-0.2, 0) is 20.9 Å². The van der Waals surface area contributed by atoms with E-state index in [4.69, 9.17) is 4.74 Å². The van der Waals surface area contributed by atoms with E-state index < -0.39 is 38.8 Å². The number of pyridine rings is 1. The number of fused-ring (bicyclic) bond motifs is 1. The van der Waals surface area contributed by atoms with Gasteiger partial charge in [-0.05, 0) is 97.2 Å². The first kappa shape index (κ1) is 30.4. The quantitative estimate of drug-likeness (QED) is 0.121. The third kappa shape index (κ3) is 7.30. The van der Waals surface area contributed by atoms with Crippen LogP contribution in [-0.4, -0.2) is 16.9 Å². The van der Waals surface area contributed by atoms with Crippen molar-refractivity contribution in [1.29, 1.82) is 0 Å². The standard InChI is InChI=1S/C31H28F6N2O3S/c32-23-10-15-28-27(18-23)26(16-17-38-28)21-6-8-22(9-7-21)29(31(41)42-19-20-4-2-1-3-5-20)30(40)39-24-11-13-25(14-12-24)43(33,34,35,36)37/h1-5,10-18,21-22,29H,6-9,19H2,(H,39,40)/t21?,22?,29-/m1/s1. The van der Waals surface area contributed by atoms with Crippen LogP contribution in [0.25, 0.3) is 10.9 Å². The highest BCUT2D eigenvalue weighted by Gasteiger charge is 2.65. The summed E-state index contributed by atoms with van der Waals surface area (Å²) in [5, 5.41) is 3.10. The minimum atomic E-state index is -9.89. The van der Waals surface area contributed by atoms with Gasteiger partial charge in [0.15, 0.2) is 0 Å². The number of hydrogen-bond donors (Lipinski definition) is 1. The highest BCUT2D eigenvalue weighted by molar-refractivity contribution is 8.45. The smallest absolute Gasteiger partial charge is 0.319 e. The van der Waals surface area contributed by atoms with Crippen molar-refractivity contribution >= 4 is 38.7 Å². The second kappa shape index (κ2) is 10.9. The molecule has 43 heavy (non-hydrogen) atoms. The zero-order chi connectivity index (χ0) is 30.9. The molecule has 0 saturated heterocycles. The molecule has 1 amide bonds. The molecule has 0 unspecified atom stereocenters. The Morgan fingerprint density at radius 2 is 1.56 bits per heavy atom. The van der Waals surface area contributed by atoms with E-state index >= 15 is 0 Å². The number of esters is 1. The van der Waals surface area contributed by atoms with Crippen LogP contribution >= 0.6 is 10.2 Å². The Morgan fingerprint density at radius 3 is 2.21 bits per heavy atom. The summed E-state index contributed by atoms with van der Waals surface area (Å²) in [6.07, 6.45) is 3.68. The number of aromatic nitrogens is 1. The molecule has 0 bridgehead atoms. The normalized spacial score (nSPS) is 19.6. The molecule has 3 aromatic carbocycles. The Bertz CT molecular complexity index is 1640. The van der Waals surface area contributed by atoms with E-state index in [1.807, 2.05) is 6.07 Å². The van der Waals surface area contributed by atoms with Crippen molar-refractivity contribution in [2.45, 2.75) is 43.1 Å². The fourth-order valence-corrected chi connectivity index (χ4v) is 6.26. The number of nitrogens with one attached hydrogen (secondary N) is 1. The number of halogens is 6. The molecule has 1 aliphatic rings. The minimum Gasteiger partial charge on any atom is -0.460 e. The summed E-state index contributed by atoms with van der Waals surface area (Å²) in [5.74, 6) is -3.74. The fraction of sp³-hybridized carbons (Fsp3) is 0.258. The van der Waals surface area contributed by atoms with Gasteiger partial charge >= 0.3 is 16.2 Å². The molecular weight excluding hydrogens is 594 g/mol. The van der Waals surface area contributed by atoms with Gasteiger partial charge in [-0.2, -0.15) is 0 Å². The van der Waals surface area contributed by atoms with Crippen LogP contribution in [0.2, 0.25) is 0 Å². The van der Waals surface area contributed by atoms with Gasteiger partial charge in [0.1, 0.15) is 23.2 Å². The number of benzene rings is 3. The zero-order valence-electron chi connectivity index (χ0n) is 22.7. The van der Waals surface area contributed by atoms with Gasteiger partial charge in [-0.25, -0.2) is 4.39 Å². The van der Waals surface area contributed by atoms with Gasteiger partial charge in [0.2, 0.25) is 5.91 Å². The third-order valence-electron chi connectivity index (χ3n) is 7.75. The number of rotatable bonds is 8. The predicted molar refractivity (Wildman–Crippen MR) is 153 cm³/mol. The van der Waals surface area contributed by atoms with Crippen LogP contribution in [0.5, 0.6) is 0 Å². The Labute approximate surface area is 244 Å². The summed E-state index contributed by atoms with van der Waals surface area (Å²) < 4.78 is 85.2. The van der Waals surface area contributed by atoms with Crippen molar-refractivity contribution in [2.24, 2.45) is 11.8 Å². The largest absolute Gasteiger partial charge is 0.460 e. The fourth-order valence-electron chi connectivity index (χ4n) is 5.61. The van der Waals surface area contributed by atoms with Crippen molar-refractivity contribution in [3.63, 3.8) is 0 Å². The van der Waals surface area contributed by atoms with E-state index in [1.165, 1.54) is 12.1 Å². The first-order valence-corrected chi connectivity index (χ1v) is 15.5. The number of carbonyl (C=O) groups is 2. The summed E-state index contributed by atoms with van der Waals surface area (Å²) in [7, 11) is -9.89. The highest BCUT2D eigenvalue weighted by Crippen LogP contribution is 3.02. The molecule has 0 spiro atoms. The molecule has 0 radical (unpaired) electrons. The van der Waals surface area contributed by atoms with Crippen molar-refractivity contribution in [3.05, 3.63) is 102 Å². The number of anilines is 1. The monoisotopic (exact) mass is 622 g/mol. The van der Waals surface area contributed by atoms with Gasteiger partial charge in [-0.3, -0.25) is 14.6 Å². The van der Waals surface area contributed by atoms with E-state index in [2.05, 4.69) is 10.3 Å². The van der Waals surface area contributed by atoms with Gasteiger partial charge in [0.25, 0.3) is 0 Å². The molecule has 1 saturated carbocycles. The van der Waals surface area contributed by atoms with E-state index in [9.17, 15) is 33.4 Å². The lowest BCUT2D eigenvalue weighted by atomic mass is 9.73. The second-order valence-corrected chi connectivity index (χ2v) is 13.1. The molecule has 4 aromatic rings. The summed E-state index contributed by atoms with van der Waals surface area (Å²) in [4.78, 5) is 28.9. The third-order valence-corrected chi connectivity index (χ3v) is 8.91. The Kier molecular flexibility index (Phi) is 7.70. The number of ether oxygens (including phenoxy) is 1. The average Bonchev–Trinajstić information content (AvgIpc) is 2.96. The molecule has 0 aliphatic heterocycles. The lowest BCUT2D eigenvalue weighted by molar-refractivity contribution is -0.155. The lowest BCUT2D eigenvalue weighted by Gasteiger charge is -2.40. The average molecular weight is 623 g/mol. The van der Waals surface area contributed by atoms with Crippen LogP contribution in [0.3, 0.4) is 0 Å². The van der Waals surface area contributed by atoms with E-state index in [-0.39, 0.29) is 36.2 Å². The van der Waals surface area contributed by atoms with Crippen LogP contribution in [0.4, 0.5) is 29.5 Å². The maximum atomic E-state index is 14.0. The predicted octanol–water partition coefficient (Wildman–Crippen LogP) is 9.30. The Morgan fingerprint density at radius 1 is 0.884 bits per heavy atom. The maximum Gasteiger partial charge on any atom is 0.319 e. The van der Waals surface area contributed by atoms with Crippen molar-refractivity contribution in [3.8, 4) is 0 Å². The van der Waals surface area contributed by atoms with E-state index in [1.54, 1.807) is 42.6 Å². The van der Waals surface area contributed by atoms with Crippen molar-refractivity contribution < 1.29 is 38.1 Å². The molecule has 5 nitrogen and oxygen atoms in total. The Hall–Kier alpha value is -4.06. The first-order valence-electron chi connectivity index (χ1n) is 13.6. The summed E-state index contributed by atoms with van der Waals surface area (Å²) >= 11 is 0. The molecule has 1 heterocycles.